The van der Waals surface area contributed by atoms with Gasteiger partial charge >= 0.3 is 5.97 Å². The molecule has 376 valence electrons. The van der Waals surface area contributed by atoms with Gasteiger partial charge in [-0.1, -0.05) is 195 Å². The predicted molar refractivity (Wildman–Crippen MR) is 283 cm³/mol. The van der Waals surface area contributed by atoms with Gasteiger partial charge in [0, 0.05) is 35.5 Å². The minimum Gasteiger partial charge on any atom is -0.493 e. The van der Waals surface area contributed by atoms with Crippen molar-refractivity contribution in [1.82, 2.24) is 15.6 Å². The van der Waals surface area contributed by atoms with E-state index in [-0.39, 0.29) is 31.3 Å². The lowest BCUT2D eigenvalue weighted by Gasteiger charge is -2.19. The number of pyridine rings is 1. The third-order valence-corrected chi connectivity index (χ3v) is 13.0. The number of benzene rings is 3. The van der Waals surface area contributed by atoms with Gasteiger partial charge in [-0.15, -0.1) is 0 Å². The van der Waals surface area contributed by atoms with E-state index in [1.165, 1.54) is 128 Å². The molecule has 0 bridgehead atoms. The number of nitrogens with one attached hydrogen (secondary N) is 3. The fraction of sp³-hybridized carbons (Fsp3) is 0.579. The average Bonchev–Trinajstić information content (AvgIpc) is 3.35. The second-order valence-corrected chi connectivity index (χ2v) is 18.9. The number of ether oxygens (including phenoxy) is 1. The predicted octanol–water partition coefficient (Wildman–Crippen LogP) is 14.9. The highest BCUT2D eigenvalue weighted by atomic mass is 16.5. The van der Waals surface area contributed by atoms with Crippen molar-refractivity contribution >= 4 is 34.4 Å². The fourth-order valence-corrected chi connectivity index (χ4v) is 9.04. The fourth-order valence-electron chi connectivity index (χ4n) is 9.04. The summed E-state index contributed by atoms with van der Waals surface area (Å²) in [5.74, 6) is -0.128. The first kappa shape index (κ1) is 56.0. The number of aromatic nitrogens is 1. The van der Waals surface area contributed by atoms with Gasteiger partial charge in [0.05, 0.1) is 25.6 Å². The number of rotatable bonds is 39. The van der Waals surface area contributed by atoms with Gasteiger partial charge in [-0.25, -0.2) is 4.98 Å². The van der Waals surface area contributed by atoms with E-state index in [0.29, 0.717) is 25.1 Å². The molecular weight excluding hydrogens is 863 g/mol. The molecule has 4 aromatic rings. The summed E-state index contributed by atoms with van der Waals surface area (Å²) in [4.78, 5) is 44.4. The number of nitrogens with zero attached hydrogens (tertiary/aromatic N) is 4. The van der Waals surface area contributed by atoms with E-state index in [0.717, 1.165) is 58.3 Å². The number of carboxylic acid groups (broad SMARTS) is 1. The standard InChI is InChI=1S/C57H83N7O5/c1-3-4-5-21-27-48(63-64-58)28-22-19-17-15-13-11-9-7-6-8-10-12-14-16-18-20-25-41-69-53-37-36-49(50-29-23-24-30-51(50)53)46-32-34-47(35-33-46)52(43-57(67)68)62-56(66)44-61-55(65)31-26-39-59-54-42-45(2)38-40-60-54/h23-24,29-30,32-38,40,42,48,52H,3-22,25-28,31,39,41,43-44H2,1-2H3,(H,59,60)(H,61,65)(H,62,66)(H,67,68). The van der Waals surface area contributed by atoms with Crippen LogP contribution < -0.4 is 20.7 Å². The summed E-state index contributed by atoms with van der Waals surface area (Å²) in [5.41, 5.74) is 12.6. The molecule has 0 aliphatic rings. The van der Waals surface area contributed by atoms with Gasteiger partial charge in [0.2, 0.25) is 11.8 Å². The van der Waals surface area contributed by atoms with Crippen molar-refractivity contribution in [2.45, 2.75) is 193 Å². The molecule has 0 aliphatic carbocycles. The lowest BCUT2D eigenvalue weighted by atomic mass is 9.95. The second kappa shape index (κ2) is 34.6. The van der Waals surface area contributed by atoms with Crippen LogP contribution in [0.25, 0.3) is 32.3 Å². The molecule has 1 aromatic heterocycles. The molecule has 2 unspecified atom stereocenters. The van der Waals surface area contributed by atoms with Crippen LogP contribution >= 0.6 is 0 Å². The normalized spacial score (nSPS) is 12.0. The first-order valence-electron chi connectivity index (χ1n) is 26.5. The van der Waals surface area contributed by atoms with E-state index < -0.39 is 17.9 Å². The summed E-state index contributed by atoms with van der Waals surface area (Å²) >= 11 is 0. The number of anilines is 1. The Labute approximate surface area is 413 Å². The third kappa shape index (κ3) is 23.5. The van der Waals surface area contributed by atoms with Crippen LogP contribution in [0.2, 0.25) is 0 Å². The molecule has 0 fully saturated rings. The Balaban J connectivity index is 1.06. The van der Waals surface area contributed by atoms with Crippen molar-refractivity contribution in [3.63, 3.8) is 0 Å². The van der Waals surface area contributed by atoms with Gasteiger partial charge in [0.15, 0.2) is 0 Å². The molecule has 0 radical (unpaired) electrons. The van der Waals surface area contributed by atoms with Gasteiger partial charge < -0.3 is 25.8 Å². The average molecular weight is 946 g/mol. The number of hydrogen-bond donors (Lipinski definition) is 4. The smallest absolute Gasteiger partial charge is 0.305 e. The molecule has 3 aromatic carbocycles. The van der Waals surface area contributed by atoms with E-state index in [2.05, 4.69) is 56.1 Å². The summed E-state index contributed by atoms with van der Waals surface area (Å²) in [5, 5.41) is 24.4. The number of amides is 2. The molecule has 2 atom stereocenters. The number of aliphatic carboxylic acids is 1. The maximum Gasteiger partial charge on any atom is 0.305 e. The number of fused-ring (bicyclic) bond motifs is 1. The summed E-state index contributed by atoms with van der Waals surface area (Å²) < 4.78 is 6.33. The van der Waals surface area contributed by atoms with Crippen LogP contribution in [0.4, 0.5) is 5.82 Å². The lowest BCUT2D eigenvalue weighted by Crippen LogP contribution is -2.39. The Morgan fingerprint density at radius 2 is 1.30 bits per heavy atom. The molecule has 4 N–H and O–H groups in total. The largest absolute Gasteiger partial charge is 0.493 e. The van der Waals surface area contributed by atoms with Crippen LogP contribution in [-0.2, 0) is 14.4 Å². The molecule has 12 nitrogen and oxygen atoms in total. The maximum absolute atomic E-state index is 12.9. The summed E-state index contributed by atoms with van der Waals surface area (Å²) in [7, 11) is 0. The summed E-state index contributed by atoms with van der Waals surface area (Å²) in [6.45, 7) is 5.22. The van der Waals surface area contributed by atoms with Gasteiger partial charge in [0.1, 0.15) is 11.6 Å². The van der Waals surface area contributed by atoms with Gasteiger partial charge in [-0.05, 0) is 84.0 Å². The van der Waals surface area contributed by atoms with Crippen LogP contribution in [0.5, 0.6) is 5.75 Å². The van der Waals surface area contributed by atoms with Crippen molar-refractivity contribution in [3.05, 3.63) is 101 Å². The number of unbranched alkanes of at least 4 members (excludes halogenated alkanes) is 19. The van der Waals surface area contributed by atoms with Crippen molar-refractivity contribution in [3.8, 4) is 16.9 Å². The first-order chi connectivity index (χ1) is 33.8. The molecule has 4 rings (SSSR count). The molecule has 0 saturated carbocycles. The van der Waals surface area contributed by atoms with Crippen LogP contribution in [0.3, 0.4) is 0 Å². The highest BCUT2D eigenvalue weighted by Crippen LogP contribution is 2.35. The lowest BCUT2D eigenvalue weighted by molar-refractivity contribution is -0.138. The molecule has 0 spiro atoms. The maximum atomic E-state index is 12.9. The molecule has 2 amide bonds. The van der Waals surface area contributed by atoms with Crippen molar-refractivity contribution in [2.75, 3.05) is 25.0 Å². The van der Waals surface area contributed by atoms with E-state index >= 15 is 0 Å². The van der Waals surface area contributed by atoms with E-state index in [4.69, 9.17) is 10.3 Å². The molecule has 12 heteroatoms. The molecular formula is C57H83N7O5. The van der Waals surface area contributed by atoms with Crippen molar-refractivity contribution in [2.24, 2.45) is 5.11 Å². The minimum atomic E-state index is -1.04. The van der Waals surface area contributed by atoms with E-state index in [1.54, 1.807) is 6.20 Å². The molecule has 0 saturated heterocycles. The van der Waals surface area contributed by atoms with Crippen LogP contribution in [0.1, 0.15) is 191 Å². The summed E-state index contributed by atoms with van der Waals surface area (Å²) in [6, 6.07) is 23.2. The zero-order chi connectivity index (χ0) is 49.2. The Morgan fingerprint density at radius 1 is 0.710 bits per heavy atom. The molecule has 0 aliphatic heterocycles. The van der Waals surface area contributed by atoms with Gasteiger partial charge in [-0.3, -0.25) is 14.4 Å². The monoisotopic (exact) mass is 946 g/mol. The van der Waals surface area contributed by atoms with Crippen molar-refractivity contribution < 1.29 is 24.2 Å². The van der Waals surface area contributed by atoms with Crippen LogP contribution in [-0.4, -0.2) is 53.6 Å². The minimum absolute atomic E-state index is 0.200. The number of carbonyl (C=O) groups is 3. The highest BCUT2D eigenvalue weighted by molar-refractivity contribution is 6.00. The van der Waals surface area contributed by atoms with Crippen molar-refractivity contribution in [1.29, 1.82) is 0 Å². The number of aryl methyl sites for hydroxylation is 1. The van der Waals surface area contributed by atoms with Crippen LogP contribution in [0, 0.1) is 6.92 Å². The Hall–Kier alpha value is -5.61. The van der Waals surface area contributed by atoms with Gasteiger partial charge in [-0.2, -0.15) is 0 Å². The quantitative estimate of drug-likeness (QED) is 0.0149. The summed E-state index contributed by atoms with van der Waals surface area (Å²) in [6.07, 6.45) is 31.3. The van der Waals surface area contributed by atoms with Gasteiger partial charge in [0.25, 0.3) is 0 Å². The zero-order valence-corrected chi connectivity index (χ0v) is 42.0. The first-order valence-corrected chi connectivity index (χ1v) is 26.5. The number of carboxylic acids is 1. The SMILES string of the molecule is CCCCCCC(CCCCCCCCCCCCCCCCCCCOc1ccc(-c2ccc(C(CC(=O)O)NC(=O)CNC(=O)CCCNc3cc(C)ccn3)cc2)c2ccccc12)N=[N+]=[N-]. The Kier molecular flexibility index (Phi) is 28.1. The Bertz CT molecular complexity index is 2120. The highest BCUT2D eigenvalue weighted by Gasteiger charge is 2.19. The van der Waals surface area contributed by atoms with E-state index in [1.807, 2.05) is 61.5 Å². The van der Waals surface area contributed by atoms with Crippen LogP contribution in [0.15, 0.2) is 84.1 Å². The molecule has 1 heterocycles. The zero-order valence-electron chi connectivity index (χ0n) is 42.0. The van der Waals surface area contributed by atoms with E-state index in [9.17, 15) is 19.5 Å². The molecule has 69 heavy (non-hydrogen) atoms. The number of azide groups is 1. The second-order valence-electron chi connectivity index (χ2n) is 18.9. The third-order valence-electron chi connectivity index (χ3n) is 13.0. The number of hydrogen-bond acceptors (Lipinski definition) is 7. The number of carbonyl (C=O) groups excluding carboxylic acids is 2. The Morgan fingerprint density at radius 3 is 1.90 bits per heavy atom. The topological polar surface area (TPSA) is 178 Å².